The number of anilines is 1. The second-order valence-electron chi connectivity index (χ2n) is 10.9. The summed E-state index contributed by atoms with van der Waals surface area (Å²) < 4.78 is 5.25. The Hall–Kier alpha value is -2.67. The van der Waals surface area contributed by atoms with Crippen LogP contribution in [0.5, 0.6) is 5.75 Å². The molecule has 0 spiro atoms. The molecule has 37 heavy (non-hydrogen) atoms. The van der Waals surface area contributed by atoms with Gasteiger partial charge in [-0.3, -0.25) is 4.79 Å². The number of rotatable bonds is 5. The van der Waals surface area contributed by atoms with Crippen molar-refractivity contribution >= 4 is 33.3 Å². The lowest BCUT2D eigenvalue weighted by Gasteiger charge is -2.36. The summed E-state index contributed by atoms with van der Waals surface area (Å²) in [6.45, 7) is 3.14. The molecule has 1 aromatic carbocycles. The van der Waals surface area contributed by atoms with Gasteiger partial charge in [-0.2, -0.15) is 0 Å². The number of hydrogen-bond acceptors (Lipinski definition) is 6. The van der Waals surface area contributed by atoms with Gasteiger partial charge in [-0.25, -0.2) is 9.97 Å². The summed E-state index contributed by atoms with van der Waals surface area (Å²) in [4.78, 5) is 30.8. The normalized spacial score (nSPS) is 19.1. The number of aromatic nitrogens is 2. The highest BCUT2D eigenvalue weighted by Gasteiger charge is 2.29. The second kappa shape index (κ2) is 11.0. The lowest BCUT2D eigenvalue weighted by atomic mass is 9.88. The van der Waals surface area contributed by atoms with E-state index in [-0.39, 0.29) is 5.91 Å². The van der Waals surface area contributed by atoms with Crippen LogP contribution in [0, 0.1) is 0 Å². The van der Waals surface area contributed by atoms with Crippen LogP contribution in [0.3, 0.4) is 0 Å². The van der Waals surface area contributed by atoms with E-state index >= 15 is 0 Å². The Bertz CT molecular complexity index is 1240. The third-order valence-electron chi connectivity index (χ3n) is 8.48. The van der Waals surface area contributed by atoms with Crippen molar-refractivity contribution in [1.82, 2.24) is 14.9 Å². The van der Waals surface area contributed by atoms with E-state index in [2.05, 4.69) is 4.90 Å². The van der Waals surface area contributed by atoms with E-state index in [4.69, 9.17) is 14.7 Å². The number of carbonyl (C=O) groups is 1. The molecule has 1 saturated heterocycles. The highest BCUT2D eigenvalue weighted by atomic mass is 32.1. The van der Waals surface area contributed by atoms with Crippen molar-refractivity contribution in [1.29, 1.82) is 0 Å². The number of benzene rings is 1. The smallest absolute Gasteiger partial charge is 0.227 e. The van der Waals surface area contributed by atoms with E-state index in [0.717, 1.165) is 55.6 Å². The molecule has 0 N–H and O–H groups in total. The Labute approximate surface area is 224 Å². The predicted molar refractivity (Wildman–Crippen MR) is 150 cm³/mol. The molecule has 3 aromatic rings. The van der Waals surface area contributed by atoms with Crippen molar-refractivity contribution in [2.75, 3.05) is 38.2 Å². The van der Waals surface area contributed by atoms with Crippen LogP contribution in [0.4, 0.5) is 5.82 Å². The highest BCUT2D eigenvalue weighted by Crippen LogP contribution is 2.41. The lowest BCUT2D eigenvalue weighted by molar-refractivity contribution is -0.130. The first-order valence-corrected chi connectivity index (χ1v) is 15.0. The minimum absolute atomic E-state index is 0.199. The summed E-state index contributed by atoms with van der Waals surface area (Å²) in [6.07, 6.45) is 13.0. The van der Waals surface area contributed by atoms with Crippen molar-refractivity contribution in [2.45, 2.75) is 76.5 Å². The van der Waals surface area contributed by atoms with Gasteiger partial charge >= 0.3 is 0 Å². The standard InChI is InChI=1S/C30H38N4O2S/c1-36-23-14-12-21(13-15-23)20-26(35)33-16-18-34(19-17-33)29-27-24-10-6-3-7-11-25(24)37-30(27)32-28(31-29)22-8-4-2-5-9-22/h12-15,22H,2-11,16-20H2,1H3. The molecule has 1 saturated carbocycles. The zero-order chi connectivity index (χ0) is 25.2. The predicted octanol–water partition coefficient (Wildman–Crippen LogP) is 5.91. The molecule has 0 unspecified atom stereocenters. The average molecular weight is 519 g/mol. The third kappa shape index (κ3) is 5.20. The zero-order valence-electron chi connectivity index (χ0n) is 22.0. The largest absolute Gasteiger partial charge is 0.497 e. The minimum atomic E-state index is 0.199. The molecule has 3 aliphatic rings. The number of piperazine rings is 1. The van der Waals surface area contributed by atoms with Crippen LogP contribution in [-0.2, 0) is 24.1 Å². The molecule has 7 heteroatoms. The lowest BCUT2D eigenvalue weighted by Crippen LogP contribution is -2.49. The van der Waals surface area contributed by atoms with Gasteiger partial charge in [0.15, 0.2) is 0 Å². The molecule has 196 valence electrons. The van der Waals surface area contributed by atoms with Crippen molar-refractivity contribution in [3.8, 4) is 5.75 Å². The molecule has 3 heterocycles. The molecular formula is C30H38N4O2S. The fraction of sp³-hybridized carbons (Fsp3) is 0.567. The number of nitrogens with zero attached hydrogens (tertiary/aromatic N) is 4. The van der Waals surface area contributed by atoms with E-state index in [1.165, 1.54) is 78.4 Å². The summed E-state index contributed by atoms with van der Waals surface area (Å²) >= 11 is 1.93. The zero-order valence-corrected chi connectivity index (χ0v) is 22.8. The number of amides is 1. The molecule has 2 aromatic heterocycles. The quantitative estimate of drug-likeness (QED) is 0.393. The van der Waals surface area contributed by atoms with E-state index in [1.54, 1.807) is 7.11 Å². The van der Waals surface area contributed by atoms with Gasteiger partial charge in [0.1, 0.15) is 22.2 Å². The Morgan fingerprint density at radius 2 is 1.68 bits per heavy atom. The molecule has 0 radical (unpaired) electrons. The van der Waals surface area contributed by atoms with Gasteiger partial charge in [-0.15, -0.1) is 11.3 Å². The maximum atomic E-state index is 13.1. The molecule has 1 amide bonds. The van der Waals surface area contributed by atoms with Crippen LogP contribution < -0.4 is 9.64 Å². The van der Waals surface area contributed by atoms with Crippen LogP contribution >= 0.6 is 11.3 Å². The molecule has 6 rings (SSSR count). The molecule has 0 bridgehead atoms. The van der Waals surface area contributed by atoms with Crippen LogP contribution in [0.25, 0.3) is 10.2 Å². The summed E-state index contributed by atoms with van der Waals surface area (Å²) in [6, 6.07) is 7.82. The number of ether oxygens (including phenoxy) is 1. The van der Waals surface area contributed by atoms with Crippen molar-refractivity contribution in [3.05, 3.63) is 46.1 Å². The molecular weight excluding hydrogens is 480 g/mol. The van der Waals surface area contributed by atoms with Gasteiger partial charge in [0.25, 0.3) is 0 Å². The van der Waals surface area contributed by atoms with Crippen molar-refractivity contribution in [2.24, 2.45) is 0 Å². The maximum Gasteiger partial charge on any atom is 0.227 e. The van der Waals surface area contributed by atoms with E-state index in [0.29, 0.717) is 12.3 Å². The number of hydrogen-bond donors (Lipinski definition) is 0. The van der Waals surface area contributed by atoms with Gasteiger partial charge in [-0.05, 0) is 61.8 Å². The van der Waals surface area contributed by atoms with Gasteiger partial charge in [0, 0.05) is 37.0 Å². The van der Waals surface area contributed by atoms with E-state index in [1.807, 2.05) is 40.5 Å². The van der Waals surface area contributed by atoms with Gasteiger partial charge in [0.2, 0.25) is 5.91 Å². The first-order valence-electron chi connectivity index (χ1n) is 14.2. The highest BCUT2D eigenvalue weighted by molar-refractivity contribution is 7.19. The SMILES string of the molecule is COc1ccc(CC(=O)N2CCN(c3nc(C4CCCCC4)nc4sc5c(c34)CCCCC5)CC2)cc1. The number of fused-ring (bicyclic) bond motifs is 3. The van der Waals surface area contributed by atoms with Crippen LogP contribution in [0.15, 0.2) is 24.3 Å². The molecule has 6 nitrogen and oxygen atoms in total. The summed E-state index contributed by atoms with van der Waals surface area (Å²) in [5.74, 6) is 3.72. The Morgan fingerprint density at radius 1 is 0.946 bits per heavy atom. The monoisotopic (exact) mass is 518 g/mol. The molecule has 0 atom stereocenters. The van der Waals surface area contributed by atoms with Crippen molar-refractivity contribution < 1.29 is 9.53 Å². The molecule has 1 aliphatic heterocycles. The maximum absolute atomic E-state index is 13.1. The van der Waals surface area contributed by atoms with Crippen LogP contribution in [0.1, 0.15) is 79.1 Å². The van der Waals surface area contributed by atoms with Gasteiger partial charge in [0.05, 0.1) is 18.9 Å². The minimum Gasteiger partial charge on any atom is -0.497 e. The number of aryl methyl sites for hydroxylation is 2. The van der Waals surface area contributed by atoms with Crippen LogP contribution in [0.2, 0.25) is 0 Å². The second-order valence-corrected chi connectivity index (χ2v) is 12.0. The number of carbonyl (C=O) groups excluding carboxylic acids is 1. The van der Waals surface area contributed by atoms with Crippen molar-refractivity contribution in [3.63, 3.8) is 0 Å². The number of thiophene rings is 1. The summed E-state index contributed by atoms with van der Waals surface area (Å²) in [5.41, 5.74) is 2.55. The van der Waals surface area contributed by atoms with E-state index in [9.17, 15) is 4.79 Å². The fourth-order valence-corrected chi connectivity index (χ4v) is 7.56. The van der Waals surface area contributed by atoms with Crippen LogP contribution in [-0.4, -0.2) is 54.1 Å². The van der Waals surface area contributed by atoms with Gasteiger partial charge < -0.3 is 14.5 Å². The molecule has 2 fully saturated rings. The first-order chi connectivity index (χ1) is 18.2. The summed E-state index contributed by atoms with van der Waals surface area (Å²) in [5, 5.41) is 1.32. The Balaban J connectivity index is 1.23. The summed E-state index contributed by atoms with van der Waals surface area (Å²) in [7, 11) is 1.66. The molecule has 2 aliphatic carbocycles. The first kappa shape index (κ1) is 24.7. The average Bonchev–Trinajstić information content (AvgIpc) is 3.14. The number of methoxy groups -OCH3 is 1. The third-order valence-corrected chi connectivity index (χ3v) is 9.67. The Morgan fingerprint density at radius 3 is 2.43 bits per heavy atom. The van der Waals surface area contributed by atoms with Gasteiger partial charge in [-0.1, -0.05) is 37.8 Å². The van der Waals surface area contributed by atoms with E-state index < -0.39 is 0 Å². The topological polar surface area (TPSA) is 58.6 Å². The fourth-order valence-electron chi connectivity index (χ4n) is 6.30. The Kier molecular flexibility index (Phi) is 7.32.